The second-order valence-corrected chi connectivity index (χ2v) is 8.98. The zero-order chi connectivity index (χ0) is 19.6. The van der Waals surface area contributed by atoms with E-state index in [2.05, 4.69) is 32.3 Å². The van der Waals surface area contributed by atoms with Crippen molar-refractivity contribution in [1.29, 1.82) is 0 Å². The quantitative estimate of drug-likeness (QED) is 0.821. The standard InChI is InChI=1S/C19H28N6O2S/c1-3-14(2)21-18(26)17-23-22-15-11-27-13-19(12-25(15)17)4-7-24(8-5-19)10-16-20-6-9-28-16/h6,9,14H,3-5,7-8,10-13H2,1-2H3,(H,21,26). The largest absolute Gasteiger partial charge is 0.373 e. The summed E-state index contributed by atoms with van der Waals surface area (Å²) in [5, 5.41) is 14.6. The number of carbonyl (C=O) groups is 1. The van der Waals surface area contributed by atoms with E-state index in [-0.39, 0.29) is 17.4 Å². The monoisotopic (exact) mass is 404 g/mol. The Morgan fingerprint density at radius 2 is 2.21 bits per heavy atom. The molecular formula is C19H28N6O2S. The minimum atomic E-state index is -0.147. The summed E-state index contributed by atoms with van der Waals surface area (Å²) in [7, 11) is 0. The summed E-state index contributed by atoms with van der Waals surface area (Å²) >= 11 is 1.71. The molecule has 1 spiro atoms. The number of ether oxygens (including phenoxy) is 1. The van der Waals surface area contributed by atoms with E-state index in [1.807, 2.05) is 23.1 Å². The number of hydrogen-bond acceptors (Lipinski definition) is 7. The fourth-order valence-electron chi connectivity index (χ4n) is 3.92. The van der Waals surface area contributed by atoms with Crippen molar-refractivity contribution in [3.8, 4) is 0 Å². The van der Waals surface area contributed by atoms with Crippen LogP contribution in [0.2, 0.25) is 0 Å². The molecule has 4 rings (SSSR count). The number of amides is 1. The van der Waals surface area contributed by atoms with Gasteiger partial charge in [-0.1, -0.05) is 6.92 Å². The molecule has 0 aromatic carbocycles. The molecule has 1 unspecified atom stereocenters. The van der Waals surface area contributed by atoms with Gasteiger partial charge in [0.15, 0.2) is 5.82 Å². The van der Waals surface area contributed by atoms with E-state index in [4.69, 9.17) is 4.74 Å². The predicted octanol–water partition coefficient (Wildman–Crippen LogP) is 2.08. The molecule has 2 aromatic heterocycles. The third kappa shape index (κ3) is 4.11. The predicted molar refractivity (Wildman–Crippen MR) is 106 cm³/mol. The van der Waals surface area contributed by atoms with Gasteiger partial charge < -0.3 is 14.6 Å². The van der Waals surface area contributed by atoms with Crippen LogP contribution in [-0.2, 0) is 24.4 Å². The van der Waals surface area contributed by atoms with Crippen LogP contribution < -0.4 is 5.32 Å². The molecule has 28 heavy (non-hydrogen) atoms. The second-order valence-electron chi connectivity index (χ2n) is 8.00. The first-order valence-electron chi connectivity index (χ1n) is 10.00. The minimum Gasteiger partial charge on any atom is -0.373 e. The summed E-state index contributed by atoms with van der Waals surface area (Å²) < 4.78 is 7.95. The Hall–Kier alpha value is -1.84. The molecule has 2 aromatic rings. The number of piperidine rings is 1. The van der Waals surface area contributed by atoms with Crippen LogP contribution in [0, 0.1) is 5.41 Å². The van der Waals surface area contributed by atoms with E-state index in [1.54, 1.807) is 11.3 Å². The SMILES string of the molecule is CCC(C)NC(=O)c1nnc2n1CC1(CCN(Cc3nccs3)CC1)COC2. The van der Waals surface area contributed by atoms with Gasteiger partial charge in [0.1, 0.15) is 11.6 Å². The lowest BCUT2D eigenvalue weighted by Gasteiger charge is -2.40. The smallest absolute Gasteiger partial charge is 0.289 e. The number of hydrogen-bond donors (Lipinski definition) is 1. The Morgan fingerprint density at radius 3 is 2.93 bits per heavy atom. The van der Waals surface area contributed by atoms with Gasteiger partial charge in [-0.2, -0.15) is 0 Å². The van der Waals surface area contributed by atoms with E-state index in [9.17, 15) is 4.79 Å². The highest BCUT2D eigenvalue weighted by Crippen LogP contribution is 2.36. The summed E-state index contributed by atoms with van der Waals surface area (Å²) in [6, 6.07) is 0.116. The zero-order valence-electron chi connectivity index (χ0n) is 16.6. The van der Waals surface area contributed by atoms with E-state index in [1.165, 1.54) is 0 Å². The first-order valence-corrected chi connectivity index (χ1v) is 10.9. The number of rotatable bonds is 5. The van der Waals surface area contributed by atoms with Crippen LogP contribution in [0.25, 0.3) is 0 Å². The number of likely N-dealkylation sites (tertiary alicyclic amines) is 1. The lowest BCUT2D eigenvalue weighted by atomic mass is 9.79. The van der Waals surface area contributed by atoms with Crippen LogP contribution in [0.3, 0.4) is 0 Å². The number of aromatic nitrogens is 4. The molecule has 4 heterocycles. The average Bonchev–Trinajstić information content (AvgIpc) is 3.30. The fourth-order valence-corrected chi connectivity index (χ4v) is 4.57. The molecule has 1 fully saturated rings. The lowest BCUT2D eigenvalue weighted by molar-refractivity contribution is -0.00571. The Labute approximate surface area is 169 Å². The lowest BCUT2D eigenvalue weighted by Crippen LogP contribution is -2.44. The summed E-state index contributed by atoms with van der Waals surface area (Å²) in [5.41, 5.74) is 0.0262. The van der Waals surface area contributed by atoms with Gasteiger partial charge in [-0.25, -0.2) is 4.98 Å². The highest BCUT2D eigenvalue weighted by Gasteiger charge is 2.39. The second kappa shape index (κ2) is 8.26. The first-order chi connectivity index (χ1) is 13.6. The molecule has 1 saturated heterocycles. The molecule has 1 atom stereocenters. The molecule has 0 aliphatic carbocycles. The maximum absolute atomic E-state index is 12.7. The van der Waals surface area contributed by atoms with Crippen molar-refractivity contribution in [2.75, 3.05) is 19.7 Å². The number of fused-ring (bicyclic) bond motifs is 1. The summed E-state index contributed by atoms with van der Waals surface area (Å²) in [6.07, 6.45) is 4.81. The first kappa shape index (κ1) is 19.5. The molecule has 0 bridgehead atoms. The van der Waals surface area contributed by atoms with Crippen LogP contribution >= 0.6 is 11.3 Å². The van der Waals surface area contributed by atoms with Crippen LogP contribution in [0.1, 0.15) is 54.6 Å². The van der Waals surface area contributed by atoms with Crippen molar-refractivity contribution in [1.82, 2.24) is 30.0 Å². The molecule has 152 valence electrons. The van der Waals surface area contributed by atoms with Gasteiger partial charge in [0.05, 0.1) is 13.2 Å². The maximum Gasteiger partial charge on any atom is 0.289 e. The minimum absolute atomic E-state index is 0.0262. The summed E-state index contributed by atoms with van der Waals surface area (Å²) in [4.78, 5) is 19.5. The van der Waals surface area contributed by atoms with E-state index in [0.29, 0.717) is 19.0 Å². The van der Waals surface area contributed by atoms with Crippen molar-refractivity contribution in [2.45, 2.75) is 58.8 Å². The molecule has 2 aliphatic heterocycles. The van der Waals surface area contributed by atoms with E-state index >= 15 is 0 Å². The topological polar surface area (TPSA) is 85.2 Å². The number of nitrogens with one attached hydrogen (secondary N) is 1. The molecule has 9 heteroatoms. The maximum atomic E-state index is 12.7. The Morgan fingerprint density at radius 1 is 1.39 bits per heavy atom. The van der Waals surface area contributed by atoms with Crippen LogP contribution in [0.15, 0.2) is 11.6 Å². The highest BCUT2D eigenvalue weighted by atomic mass is 32.1. The number of nitrogens with zero attached hydrogens (tertiary/aromatic N) is 5. The molecule has 1 N–H and O–H groups in total. The van der Waals surface area contributed by atoms with Crippen molar-refractivity contribution in [2.24, 2.45) is 5.41 Å². The molecular weight excluding hydrogens is 376 g/mol. The van der Waals surface area contributed by atoms with Crippen molar-refractivity contribution >= 4 is 17.2 Å². The van der Waals surface area contributed by atoms with Gasteiger partial charge in [-0.3, -0.25) is 9.69 Å². The highest BCUT2D eigenvalue weighted by molar-refractivity contribution is 7.09. The third-order valence-corrected chi connectivity index (χ3v) is 6.68. The van der Waals surface area contributed by atoms with Gasteiger partial charge in [0, 0.05) is 29.6 Å². The third-order valence-electron chi connectivity index (χ3n) is 5.91. The van der Waals surface area contributed by atoms with Gasteiger partial charge in [0.25, 0.3) is 5.91 Å². The molecule has 2 aliphatic rings. The molecule has 1 amide bonds. The fraction of sp³-hybridized carbons (Fsp3) is 0.684. The van der Waals surface area contributed by atoms with Gasteiger partial charge in [-0.15, -0.1) is 21.5 Å². The van der Waals surface area contributed by atoms with E-state index < -0.39 is 0 Å². The normalized spacial score (nSPS) is 20.5. The summed E-state index contributed by atoms with van der Waals surface area (Å²) in [6.45, 7) is 8.84. The van der Waals surface area contributed by atoms with Crippen LogP contribution in [-0.4, -0.2) is 56.3 Å². The Bertz CT molecular complexity index is 797. The number of carbonyl (C=O) groups excluding carboxylic acids is 1. The van der Waals surface area contributed by atoms with Crippen molar-refractivity contribution in [3.05, 3.63) is 28.2 Å². The van der Waals surface area contributed by atoms with Gasteiger partial charge in [0.2, 0.25) is 5.82 Å². The molecule has 0 saturated carbocycles. The Balaban J connectivity index is 1.46. The van der Waals surface area contributed by atoms with Crippen molar-refractivity contribution in [3.63, 3.8) is 0 Å². The zero-order valence-corrected chi connectivity index (χ0v) is 17.4. The number of thiazole rings is 1. The summed E-state index contributed by atoms with van der Waals surface area (Å²) in [5.74, 6) is 1.01. The van der Waals surface area contributed by atoms with Gasteiger partial charge >= 0.3 is 0 Å². The van der Waals surface area contributed by atoms with E-state index in [0.717, 1.165) is 56.3 Å². The van der Waals surface area contributed by atoms with Crippen LogP contribution in [0.4, 0.5) is 0 Å². The Kier molecular flexibility index (Phi) is 5.75. The van der Waals surface area contributed by atoms with Crippen molar-refractivity contribution < 1.29 is 9.53 Å². The molecule has 0 radical (unpaired) electrons. The van der Waals surface area contributed by atoms with Crippen LogP contribution in [0.5, 0.6) is 0 Å². The van der Waals surface area contributed by atoms with Gasteiger partial charge in [-0.05, 0) is 39.3 Å². The average molecular weight is 405 g/mol. The molecule has 8 nitrogen and oxygen atoms in total.